The summed E-state index contributed by atoms with van der Waals surface area (Å²) in [6, 6.07) is 9.41. The van der Waals surface area contributed by atoms with Crippen molar-refractivity contribution in [2.45, 2.75) is 31.8 Å². The summed E-state index contributed by atoms with van der Waals surface area (Å²) in [5.41, 5.74) is 3.32. The van der Waals surface area contributed by atoms with Crippen LogP contribution in [0.1, 0.15) is 23.2 Å². The van der Waals surface area contributed by atoms with Crippen molar-refractivity contribution in [3.05, 3.63) is 75.5 Å². The van der Waals surface area contributed by atoms with Crippen molar-refractivity contribution in [1.29, 1.82) is 0 Å². The van der Waals surface area contributed by atoms with Crippen molar-refractivity contribution in [2.24, 2.45) is 0 Å². The number of aromatic nitrogens is 5. The van der Waals surface area contributed by atoms with E-state index >= 15 is 0 Å². The quantitative estimate of drug-likeness (QED) is 0.361. The van der Waals surface area contributed by atoms with Gasteiger partial charge in [0.2, 0.25) is 11.7 Å². The molecule has 10 heteroatoms. The molecule has 1 atom stereocenters. The number of aryl methyl sites for hydroxylation is 2. The van der Waals surface area contributed by atoms with E-state index in [-0.39, 0.29) is 16.7 Å². The number of carbonyl (C=O) groups is 1. The van der Waals surface area contributed by atoms with Gasteiger partial charge < -0.3 is 10.3 Å². The Kier molecular flexibility index (Phi) is 5.93. The molecule has 5 aromatic rings. The molecule has 0 bridgehead atoms. The van der Waals surface area contributed by atoms with Crippen molar-refractivity contribution in [3.63, 3.8) is 0 Å². The minimum atomic E-state index is -0.322. The maximum atomic E-state index is 12.7. The van der Waals surface area contributed by atoms with Crippen molar-refractivity contribution in [2.75, 3.05) is 5.32 Å². The van der Waals surface area contributed by atoms with Crippen LogP contribution in [0, 0.1) is 13.8 Å². The van der Waals surface area contributed by atoms with Crippen LogP contribution in [0.3, 0.4) is 0 Å². The van der Waals surface area contributed by atoms with Crippen molar-refractivity contribution in [3.8, 4) is 11.3 Å². The van der Waals surface area contributed by atoms with Crippen LogP contribution in [0.4, 0.5) is 5.69 Å². The van der Waals surface area contributed by atoms with E-state index in [0.29, 0.717) is 28.4 Å². The average Bonchev–Trinajstić information content (AvgIpc) is 3.38. The Labute approximate surface area is 203 Å². The maximum Gasteiger partial charge on any atom is 0.259 e. The first-order valence-electron chi connectivity index (χ1n) is 10.7. The number of nitrogens with one attached hydrogen (secondary N) is 2. The summed E-state index contributed by atoms with van der Waals surface area (Å²) in [6.07, 6.45) is 5.53. The van der Waals surface area contributed by atoms with Gasteiger partial charge in [0.15, 0.2) is 0 Å². The second-order valence-electron chi connectivity index (χ2n) is 7.95. The van der Waals surface area contributed by atoms with Crippen LogP contribution in [0.15, 0.2) is 53.7 Å². The van der Waals surface area contributed by atoms with Crippen LogP contribution in [0.25, 0.3) is 27.3 Å². The summed E-state index contributed by atoms with van der Waals surface area (Å²) in [7, 11) is 0. The standard InChI is InChI=1S/C24H22N6O2S2/c1-13-14(2)34-23-20(13)22(32)28-19(29-23)12-33-15(3)21(31)26-17-7-5-16(6-8-17)18-11-30-10-4-9-25-24(30)27-18/h4-11,15H,12H2,1-3H3,(H,26,31)(H,28,29,32). The Morgan fingerprint density at radius 2 is 2.03 bits per heavy atom. The number of thiophene rings is 1. The minimum absolute atomic E-state index is 0.110. The van der Waals surface area contributed by atoms with Crippen molar-refractivity contribution < 1.29 is 4.79 Å². The Bertz CT molecular complexity index is 1540. The molecule has 4 aromatic heterocycles. The monoisotopic (exact) mass is 490 g/mol. The number of aromatic amines is 1. The molecule has 8 nitrogen and oxygen atoms in total. The molecule has 0 aliphatic carbocycles. The highest BCUT2D eigenvalue weighted by molar-refractivity contribution is 7.99. The van der Waals surface area contributed by atoms with Crippen LogP contribution >= 0.6 is 23.1 Å². The first kappa shape index (κ1) is 22.3. The van der Waals surface area contributed by atoms with Gasteiger partial charge >= 0.3 is 0 Å². The second-order valence-corrected chi connectivity index (χ2v) is 10.5. The number of benzene rings is 1. The van der Waals surface area contributed by atoms with Crippen LogP contribution < -0.4 is 10.9 Å². The van der Waals surface area contributed by atoms with Gasteiger partial charge in [0.05, 0.1) is 22.1 Å². The Morgan fingerprint density at radius 3 is 2.79 bits per heavy atom. The van der Waals surface area contributed by atoms with E-state index in [2.05, 4.69) is 25.3 Å². The summed E-state index contributed by atoms with van der Waals surface area (Å²) in [4.78, 5) is 43.2. The van der Waals surface area contributed by atoms with E-state index in [9.17, 15) is 9.59 Å². The third kappa shape index (κ3) is 4.34. The number of amides is 1. The lowest BCUT2D eigenvalue weighted by molar-refractivity contribution is -0.115. The van der Waals surface area contributed by atoms with Gasteiger partial charge in [0, 0.05) is 34.7 Å². The predicted octanol–water partition coefficient (Wildman–Crippen LogP) is 4.57. The molecule has 172 valence electrons. The van der Waals surface area contributed by atoms with E-state index in [0.717, 1.165) is 26.5 Å². The van der Waals surface area contributed by atoms with E-state index < -0.39 is 0 Å². The molecule has 0 saturated carbocycles. The Hall–Kier alpha value is -3.50. The second kappa shape index (κ2) is 9.03. The van der Waals surface area contributed by atoms with E-state index in [1.165, 1.54) is 23.1 Å². The molecular formula is C24H22N6O2S2. The third-order valence-electron chi connectivity index (χ3n) is 5.61. The minimum Gasteiger partial charge on any atom is -0.325 e. The van der Waals surface area contributed by atoms with E-state index in [1.54, 1.807) is 6.20 Å². The highest BCUT2D eigenvalue weighted by Crippen LogP contribution is 2.27. The molecule has 0 saturated heterocycles. The number of H-pyrrole nitrogens is 1. The molecule has 0 aliphatic heterocycles. The zero-order valence-electron chi connectivity index (χ0n) is 18.8. The molecule has 5 rings (SSSR count). The summed E-state index contributed by atoms with van der Waals surface area (Å²) in [5.74, 6) is 1.55. The SMILES string of the molecule is Cc1sc2nc(CSC(C)C(=O)Nc3ccc(-c4cn5cccnc5n4)cc3)[nH]c(=O)c2c1C. The molecule has 1 amide bonds. The number of carbonyl (C=O) groups excluding carboxylic acids is 1. The lowest BCUT2D eigenvalue weighted by atomic mass is 10.1. The fourth-order valence-corrected chi connectivity index (χ4v) is 5.39. The number of thioether (sulfide) groups is 1. The van der Waals surface area contributed by atoms with Gasteiger partial charge in [-0.15, -0.1) is 23.1 Å². The normalized spacial score (nSPS) is 12.3. The molecule has 34 heavy (non-hydrogen) atoms. The fourth-order valence-electron chi connectivity index (χ4n) is 3.58. The predicted molar refractivity (Wildman–Crippen MR) is 138 cm³/mol. The van der Waals surface area contributed by atoms with Crippen LogP contribution in [-0.4, -0.2) is 35.5 Å². The molecule has 0 aliphatic rings. The summed E-state index contributed by atoms with van der Waals surface area (Å²) in [6.45, 7) is 5.77. The average molecular weight is 491 g/mol. The lowest BCUT2D eigenvalue weighted by Crippen LogP contribution is -2.23. The van der Waals surface area contributed by atoms with Crippen molar-refractivity contribution in [1.82, 2.24) is 24.3 Å². The summed E-state index contributed by atoms with van der Waals surface area (Å²) >= 11 is 2.95. The zero-order chi connectivity index (χ0) is 23.8. The number of anilines is 1. The van der Waals surface area contributed by atoms with Gasteiger partial charge in [-0.25, -0.2) is 15.0 Å². The molecule has 0 radical (unpaired) electrons. The highest BCUT2D eigenvalue weighted by Gasteiger charge is 2.16. The molecule has 0 spiro atoms. The number of nitrogens with zero attached hydrogens (tertiary/aromatic N) is 4. The number of imidazole rings is 1. The molecular weight excluding hydrogens is 468 g/mol. The smallest absolute Gasteiger partial charge is 0.259 e. The Morgan fingerprint density at radius 1 is 1.24 bits per heavy atom. The number of hydrogen-bond acceptors (Lipinski definition) is 7. The first-order valence-corrected chi connectivity index (χ1v) is 12.6. The molecule has 0 fully saturated rings. The molecule has 2 N–H and O–H groups in total. The number of fused-ring (bicyclic) bond motifs is 2. The van der Waals surface area contributed by atoms with Gasteiger partial charge in [-0.3, -0.25) is 14.0 Å². The number of hydrogen-bond donors (Lipinski definition) is 2. The zero-order valence-corrected chi connectivity index (χ0v) is 20.5. The topological polar surface area (TPSA) is 105 Å². The lowest BCUT2D eigenvalue weighted by Gasteiger charge is -2.12. The van der Waals surface area contributed by atoms with Gasteiger partial charge in [-0.2, -0.15) is 0 Å². The van der Waals surface area contributed by atoms with Crippen LogP contribution in [0.2, 0.25) is 0 Å². The maximum absolute atomic E-state index is 12.7. The third-order valence-corrected chi connectivity index (χ3v) is 7.87. The van der Waals surface area contributed by atoms with Gasteiger partial charge in [-0.05, 0) is 44.5 Å². The largest absolute Gasteiger partial charge is 0.325 e. The Balaban J connectivity index is 1.22. The van der Waals surface area contributed by atoms with Crippen molar-refractivity contribution >= 4 is 50.7 Å². The van der Waals surface area contributed by atoms with E-state index in [4.69, 9.17) is 0 Å². The molecule has 1 unspecified atom stereocenters. The molecule has 4 heterocycles. The highest BCUT2D eigenvalue weighted by atomic mass is 32.2. The number of rotatable bonds is 6. The van der Waals surface area contributed by atoms with E-state index in [1.807, 2.05) is 67.9 Å². The van der Waals surface area contributed by atoms with Gasteiger partial charge in [-0.1, -0.05) is 12.1 Å². The van der Waals surface area contributed by atoms with Gasteiger partial charge in [0.1, 0.15) is 10.7 Å². The summed E-state index contributed by atoms with van der Waals surface area (Å²) < 4.78 is 1.87. The van der Waals surface area contributed by atoms with Gasteiger partial charge in [0.25, 0.3) is 5.56 Å². The first-order chi connectivity index (χ1) is 16.4. The molecule has 1 aromatic carbocycles. The fraction of sp³-hybridized carbons (Fsp3) is 0.208. The van der Waals surface area contributed by atoms with Crippen LogP contribution in [-0.2, 0) is 10.5 Å². The summed E-state index contributed by atoms with van der Waals surface area (Å²) in [5, 5.41) is 3.28. The van der Waals surface area contributed by atoms with Crippen LogP contribution in [0.5, 0.6) is 0 Å².